The van der Waals surface area contributed by atoms with E-state index in [2.05, 4.69) is 12.2 Å². The standard InChI is InChI=1S/C5H11NOS/c1-3-5(2,7)4(6)8/h7H,3H2,1-2H3,(H2,6,8). The Hall–Kier alpha value is -0.150. The van der Waals surface area contributed by atoms with Gasteiger partial charge in [0, 0.05) is 0 Å². The molecule has 2 nitrogen and oxygen atoms in total. The molecule has 0 bridgehead atoms. The molecule has 0 spiro atoms. The van der Waals surface area contributed by atoms with Crippen LogP contribution < -0.4 is 5.73 Å². The van der Waals surface area contributed by atoms with E-state index in [9.17, 15) is 0 Å². The molecule has 0 fully saturated rings. The van der Waals surface area contributed by atoms with Gasteiger partial charge in [-0.1, -0.05) is 19.1 Å². The van der Waals surface area contributed by atoms with E-state index in [1.165, 1.54) is 0 Å². The highest BCUT2D eigenvalue weighted by Crippen LogP contribution is 2.06. The monoisotopic (exact) mass is 133 g/mol. The van der Waals surface area contributed by atoms with Crippen molar-refractivity contribution in [2.75, 3.05) is 0 Å². The van der Waals surface area contributed by atoms with E-state index in [0.29, 0.717) is 6.42 Å². The van der Waals surface area contributed by atoms with Crippen LogP contribution in [0.4, 0.5) is 0 Å². The molecule has 8 heavy (non-hydrogen) atoms. The van der Waals surface area contributed by atoms with Crippen molar-refractivity contribution in [3.05, 3.63) is 0 Å². The maximum atomic E-state index is 9.13. The SMILES string of the molecule is CCC(C)(O)C(N)=S. The zero-order valence-corrected chi connectivity index (χ0v) is 5.96. The van der Waals surface area contributed by atoms with Gasteiger partial charge < -0.3 is 10.8 Å². The summed E-state index contributed by atoms with van der Waals surface area (Å²) >= 11 is 4.56. The first-order valence-corrected chi connectivity index (χ1v) is 2.94. The lowest BCUT2D eigenvalue weighted by molar-refractivity contribution is 0.130. The second-order valence-electron chi connectivity index (χ2n) is 1.99. The minimum atomic E-state index is -0.949. The number of thiocarbonyl (C=S) groups is 1. The van der Waals surface area contributed by atoms with Crippen molar-refractivity contribution in [2.24, 2.45) is 5.73 Å². The van der Waals surface area contributed by atoms with Crippen molar-refractivity contribution in [2.45, 2.75) is 25.9 Å². The Morgan fingerprint density at radius 1 is 1.88 bits per heavy atom. The Labute approximate surface area is 54.7 Å². The Kier molecular flexibility index (Phi) is 2.37. The fourth-order valence-corrected chi connectivity index (χ4v) is 0.319. The number of aliphatic hydroxyl groups is 1. The van der Waals surface area contributed by atoms with E-state index in [1.54, 1.807) is 6.92 Å². The summed E-state index contributed by atoms with van der Waals surface area (Å²) in [6.45, 7) is 3.44. The molecule has 0 amide bonds. The van der Waals surface area contributed by atoms with E-state index in [-0.39, 0.29) is 4.99 Å². The van der Waals surface area contributed by atoms with Crippen molar-refractivity contribution in [1.29, 1.82) is 0 Å². The van der Waals surface area contributed by atoms with E-state index >= 15 is 0 Å². The largest absolute Gasteiger partial charge is 0.391 e. The molecular formula is C5H11NOS. The number of hydrogen-bond donors (Lipinski definition) is 2. The normalized spacial score (nSPS) is 17.4. The van der Waals surface area contributed by atoms with Gasteiger partial charge >= 0.3 is 0 Å². The zero-order valence-electron chi connectivity index (χ0n) is 5.14. The van der Waals surface area contributed by atoms with Crippen LogP contribution in [0.15, 0.2) is 0 Å². The molecular weight excluding hydrogens is 122 g/mol. The molecule has 0 aromatic rings. The summed E-state index contributed by atoms with van der Waals surface area (Å²) in [4.78, 5) is 0.167. The smallest absolute Gasteiger partial charge is 0.111 e. The van der Waals surface area contributed by atoms with Crippen molar-refractivity contribution < 1.29 is 5.11 Å². The average Bonchev–Trinajstić information content (AvgIpc) is 1.67. The molecule has 0 aliphatic heterocycles. The summed E-state index contributed by atoms with van der Waals surface area (Å²) in [5.41, 5.74) is 4.21. The van der Waals surface area contributed by atoms with E-state index in [4.69, 9.17) is 10.8 Å². The Morgan fingerprint density at radius 2 is 2.25 bits per heavy atom. The molecule has 0 aliphatic rings. The van der Waals surface area contributed by atoms with E-state index in [1.807, 2.05) is 6.92 Å². The predicted molar refractivity (Wildman–Crippen MR) is 37.7 cm³/mol. The molecule has 0 saturated carbocycles. The molecule has 0 aromatic heterocycles. The van der Waals surface area contributed by atoms with Gasteiger partial charge in [0.15, 0.2) is 0 Å². The number of rotatable bonds is 2. The lowest BCUT2D eigenvalue weighted by Gasteiger charge is -2.18. The fraction of sp³-hybridized carbons (Fsp3) is 0.800. The first kappa shape index (κ1) is 7.85. The summed E-state index contributed by atoms with van der Waals surface area (Å²) in [5.74, 6) is 0. The third kappa shape index (κ3) is 1.76. The highest BCUT2D eigenvalue weighted by Gasteiger charge is 2.19. The highest BCUT2D eigenvalue weighted by atomic mass is 32.1. The summed E-state index contributed by atoms with van der Waals surface area (Å²) in [6.07, 6.45) is 0.572. The summed E-state index contributed by atoms with van der Waals surface area (Å²) in [6, 6.07) is 0. The number of nitrogens with two attached hydrogens (primary N) is 1. The molecule has 3 heteroatoms. The van der Waals surface area contributed by atoms with Crippen LogP contribution in [0.2, 0.25) is 0 Å². The van der Waals surface area contributed by atoms with Crippen LogP contribution in [0.3, 0.4) is 0 Å². The summed E-state index contributed by atoms with van der Waals surface area (Å²) in [5, 5.41) is 9.13. The first-order chi connectivity index (χ1) is 3.50. The number of hydrogen-bond acceptors (Lipinski definition) is 2. The molecule has 0 heterocycles. The van der Waals surface area contributed by atoms with Gasteiger partial charge in [-0.2, -0.15) is 0 Å². The van der Waals surface area contributed by atoms with Crippen LogP contribution in [-0.2, 0) is 0 Å². The van der Waals surface area contributed by atoms with Crippen LogP contribution >= 0.6 is 12.2 Å². The average molecular weight is 133 g/mol. The molecule has 0 aliphatic carbocycles. The molecule has 0 radical (unpaired) electrons. The quantitative estimate of drug-likeness (QED) is 0.537. The maximum Gasteiger partial charge on any atom is 0.111 e. The van der Waals surface area contributed by atoms with Crippen LogP contribution in [0.25, 0.3) is 0 Å². The van der Waals surface area contributed by atoms with Gasteiger partial charge in [-0.15, -0.1) is 0 Å². The third-order valence-electron chi connectivity index (χ3n) is 1.22. The van der Waals surface area contributed by atoms with Gasteiger partial charge in [0.25, 0.3) is 0 Å². The molecule has 0 aromatic carbocycles. The Morgan fingerprint density at radius 3 is 2.25 bits per heavy atom. The van der Waals surface area contributed by atoms with Crippen molar-refractivity contribution >= 4 is 17.2 Å². The van der Waals surface area contributed by atoms with Gasteiger partial charge in [0.2, 0.25) is 0 Å². The molecule has 3 N–H and O–H groups in total. The maximum absolute atomic E-state index is 9.13. The Bertz CT molecular complexity index is 101. The molecule has 48 valence electrons. The topological polar surface area (TPSA) is 46.2 Å². The molecule has 1 unspecified atom stereocenters. The van der Waals surface area contributed by atoms with Crippen molar-refractivity contribution in [3.63, 3.8) is 0 Å². The summed E-state index contributed by atoms with van der Waals surface area (Å²) < 4.78 is 0. The Balaban J connectivity index is 3.91. The van der Waals surface area contributed by atoms with Crippen LogP contribution in [0.5, 0.6) is 0 Å². The van der Waals surface area contributed by atoms with Gasteiger partial charge in [-0.3, -0.25) is 0 Å². The van der Waals surface area contributed by atoms with Crippen molar-refractivity contribution in [1.82, 2.24) is 0 Å². The first-order valence-electron chi connectivity index (χ1n) is 2.53. The van der Waals surface area contributed by atoms with Gasteiger partial charge in [-0.05, 0) is 13.3 Å². The second-order valence-corrected chi connectivity index (χ2v) is 2.43. The van der Waals surface area contributed by atoms with Crippen molar-refractivity contribution in [3.8, 4) is 0 Å². The minimum Gasteiger partial charge on any atom is -0.391 e. The third-order valence-corrected chi connectivity index (χ3v) is 1.66. The molecule has 0 rings (SSSR count). The zero-order chi connectivity index (χ0) is 6.78. The minimum absolute atomic E-state index is 0.167. The predicted octanol–water partition coefficient (Wildman–Crippen LogP) is 0.434. The molecule has 0 saturated heterocycles. The van der Waals surface area contributed by atoms with Gasteiger partial charge in [0.1, 0.15) is 10.6 Å². The lowest BCUT2D eigenvalue weighted by atomic mass is 10.1. The van der Waals surface area contributed by atoms with Crippen LogP contribution in [0.1, 0.15) is 20.3 Å². The highest BCUT2D eigenvalue weighted by molar-refractivity contribution is 7.80. The van der Waals surface area contributed by atoms with Crippen LogP contribution in [-0.4, -0.2) is 15.7 Å². The van der Waals surface area contributed by atoms with Crippen LogP contribution in [0, 0.1) is 0 Å². The van der Waals surface area contributed by atoms with Gasteiger partial charge in [0.05, 0.1) is 0 Å². The van der Waals surface area contributed by atoms with E-state index < -0.39 is 5.60 Å². The van der Waals surface area contributed by atoms with Gasteiger partial charge in [-0.25, -0.2) is 0 Å². The lowest BCUT2D eigenvalue weighted by Crippen LogP contribution is -2.38. The molecule has 1 atom stereocenters. The summed E-state index contributed by atoms with van der Waals surface area (Å²) in [7, 11) is 0. The second kappa shape index (κ2) is 2.42. The fourth-order valence-electron chi connectivity index (χ4n) is 0.174. The van der Waals surface area contributed by atoms with E-state index in [0.717, 1.165) is 0 Å².